The average Bonchev–Trinajstić information content (AvgIpc) is 3.17. The SMILES string of the molecule is FC(F)(F)CC1CC2(CCN1c1ccsc1)CN(CC1CCCO1)C2. The van der Waals surface area contributed by atoms with Gasteiger partial charge in [0.25, 0.3) is 0 Å². The number of hydrogen-bond acceptors (Lipinski definition) is 4. The fraction of sp³-hybridized carbons (Fsp3) is 0.778. The maximum Gasteiger partial charge on any atom is 0.391 e. The van der Waals surface area contributed by atoms with Crippen LogP contribution < -0.4 is 4.90 Å². The number of thiophene rings is 1. The molecule has 0 bridgehead atoms. The summed E-state index contributed by atoms with van der Waals surface area (Å²) in [5.41, 5.74) is 1.02. The number of hydrogen-bond donors (Lipinski definition) is 0. The Labute approximate surface area is 150 Å². The molecule has 2 unspecified atom stereocenters. The van der Waals surface area contributed by atoms with Crippen molar-refractivity contribution in [3.8, 4) is 0 Å². The van der Waals surface area contributed by atoms with Gasteiger partial charge in [-0.1, -0.05) is 0 Å². The molecule has 3 nitrogen and oxygen atoms in total. The van der Waals surface area contributed by atoms with Crippen molar-refractivity contribution >= 4 is 17.0 Å². The molecule has 3 saturated heterocycles. The van der Waals surface area contributed by atoms with E-state index in [1.165, 1.54) is 0 Å². The molecule has 3 fully saturated rings. The van der Waals surface area contributed by atoms with Gasteiger partial charge in [-0.25, -0.2) is 0 Å². The number of ether oxygens (including phenoxy) is 1. The van der Waals surface area contributed by atoms with Crippen LogP contribution in [0.2, 0.25) is 0 Å². The van der Waals surface area contributed by atoms with Crippen LogP contribution in [0.3, 0.4) is 0 Å². The standard InChI is InChI=1S/C18H25F3N2OS/c19-18(20,21)9-15-8-17(4-5-23(15)14-3-7-25-11-14)12-22(13-17)10-16-2-1-6-24-16/h3,7,11,15-16H,1-2,4-6,8-10,12-13H2. The van der Waals surface area contributed by atoms with E-state index in [1.807, 2.05) is 21.7 Å². The molecular formula is C18H25F3N2OS. The van der Waals surface area contributed by atoms with Crippen molar-refractivity contribution in [2.75, 3.05) is 37.7 Å². The predicted octanol–water partition coefficient (Wildman–Crippen LogP) is 4.15. The van der Waals surface area contributed by atoms with Crippen molar-refractivity contribution in [1.82, 2.24) is 4.90 Å². The van der Waals surface area contributed by atoms with Crippen LogP contribution in [0.4, 0.5) is 18.9 Å². The Morgan fingerprint density at radius 1 is 1.32 bits per heavy atom. The van der Waals surface area contributed by atoms with E-state index in [1.54, 1.807) is 11.3 Å². The molecular weight excluding hydrogens is 349 g/mol. The van der Waals surface area contributed by atoms with Gasteiger partial charge in [0.1, 0.15) is 0 Å². The third-order valence-electron chi connectivity index (χ3n) is 5.90. The highest BCUT2D eigenvalue weighted by molar-refractivity contribution is 7.08. The number of halogens is 3. The van der Waals surface area contributed by atoms with Gasteiger partial charge < -0.3 is 9.64 Å². The Morgan fingerprint density at radius 3 is 2.80 bits per heavy atom. The molecule has 1 aromatic heterocycles. The Morgan fingerprint density at radius 2 is 2.16 bits per heavy atom. The van der Waals surface area contributed by atoms with E-state index in [0.29, 0.717) is 12.5 Å². The van der Waals surface area contributed by atoms with Crippen molar-refractivity contribution in [2.24, 2.45) is 5.41 Å². The zero-order valence-electron chi connectivity index (χ0n) is 14.3. The third kappa shape index (κ3) is 3.98. The van der Waals surface area contributed by atoms with Crippen LogP contribution in [0.1, 0.15) is 32.1 Å². The second-order valence-electron chi connectivity index (χ2n) is 7.91. The van der Waals surface area contributed by atoms with Gasteiger partial charge in [0, 0.05) is 49.9 Å². The van der Waals surface area contributed by atoms with E-state index >= 15 is 0 Å². The fourth-order valence-corrected chi connectivity index (χ4v) is 5.51. The molecule has 0 radical (unpaired) electrons. The van der Waals surface area contributed by atoms with E-state index in [2.05, 4.69) is 4.90 Å². The van der Waals surface area contributed by atoms with Gasteiger partial charge in [0.15, 0.2) is 0 Å². The first-order chi connectivity index (χ1) is 11.9. The number of nitrogens with zero attached hydrogens (tertiary/aromatic N) is 2. The smallest absolute Gasteiger partial charge is 0.377 e. The van der Waals surface area contributed by atoms with E-state index in [4.69, 9.17) is 4.74 Å². The maximum atomic E-state index is 13.1. The molecule has 1 aromatic rings. The highest BCUT2D eigenvalue weighted by Crippen LogP contribution is 2.46. The van der Waals surface area contributed by atoms with Gasteiger partial charge in [-0.3, -0.25) is 4.90 Å². The summed E-state index contributed by atoms with van der Waals surface area (Å²) in [5.74, 6) is 0. The molecule has 0 aromatic carbocycles. The largest absolute Gasteiger partial charge is 0.391 e. The molecule has 0 amide bonds. The van der Waals surface area contributed by atoms with E-state index in [9.17, 15) is 13.2 Å². The minimum atomic E-state index is -4.11. The predicted molar refractivity (Wildman–Crippen MR) is 93.2 cm³/mol. The first-order valence-electron chi connectivity index (χ1n) is 9.12. The van der Waals surface area contributed by atoms with Crippen LogP contribution in [0, 0.1) is 5.41 Å². The zero-order chi connectivity index (χ0) is 17.5. The minimum absolute atomic E-state index is 0.0705. The van der Waals surface area contributed by atoms with Gasteiger partial charge in [-0.05, 0) is 42.5 Å². The van der Waals surface area contributed by atoms with Gasteiger partial charge in [-0.15, -0.1) is 0 Å². The van der Waals surface area contributed by atoms with Crippen LogP contribution >= 0.6 is 11.3 Å². The van der Waals surface area contributed by atoms with Gasteiger partial charge in [0.2, 0.25) is 0 Å². The van der Waals surface area contributed by atoms with Crippen molar-refractivity contribution < 1.29 is 17.9 Å². The lowest BCUT2D eigenvalue weighted by Crippen LogP contribution is -2.63. The molecule has 7 heteroatoms. The van der Waals surface area contributed by atoms with Crippen molar-refractivity contribution in [2.45, 2.75) is 50.4 Å². The highest BCUT2D eigenvalue weighted by Gasteiger charge is 2.50. The highest BCUT2D eigenvalue weighted by atomic mass is 32.1. The van der Waals surface area contributed by atoms with Crippen LogP contribution in [0.25, 0.3) is 0 Å². The van der Waals surface area contributed by atoms with E-state index in [0.717, 1.165) is 57.7 Å². The monoisotopic (exact) mass is 374 g/mol. The maximum absolute atomic E-state index is 13.1. The van der Waals surface area contributed by atoms with Crippen molar-refractivity contribution in [3.63, 3.8) is 0 Å². The van der Waals surface area contributed by atoms with E-state index in [-0.39, 0.29) is 5.41 Å². The molecule has 4 rings (SSSR count). The summed E-state index contributed by atoms with van der Waals surface area (Å²) in [4.78, 5) is 4.36. The first kappa shape index (κ1) is 17.6. The van der Waals surface area contributed by atoms with Crippen LogP contribution in [-0.4, -0.2) is 56.0 Å². The number of piperidine rings is 1. The summed E-state index contributed by atoms with van der Waals surface area (Å²) in [6, 6.07) is 1.50. The second kappa shape index (κ2) is 6.74. The Balaban J connectivity index is 1.39. The molecule has 0 aliphatic carbocycles. The summed E-state index contributed by atoms with van der Waals surface area (Å²) in [5, 5.41) is 3.91. The minimum Gasteiger partial charge on any atom is -0.377 e. The molecule has 0 N–H and O–H groups in total. The quantitative estimate of drug-likeness (QED) is 0.787. The summed E-state index contributed by atoms with van der Waals surface area (Å²) in [7, 11) is 0. The number of likely N-dealkylation sites (tertiary alicyclic amines) is 1. The fourth-order valence-electron chi connectivity index (χ4n) is 4.86. The number of alkyl halides is 3. The molecule has 3 aliphatic heterocycles. The summed E-state index contributed by atoms with van der Waals surface area (Å²) >= 11 is 1.55. The topological polar surface area (TPSA) is 15.7 Å². The molecule has 0 saturated carbocycles. The lowest BCUT2D eigenvalue weighted by molar-refractivity contribution is -0.145. The van der Waals surface area contributed by atoms with E-state index < -0.39 is 18.6 Å². The molecule has 4 heterocycles. The Bertz CT molecular complexity index is 565. The number of anilines is 1. The molecule has 3 aliphatic rings. The van der Waals surface area contributed by atoms with Crippen LogP contribution in [0.5, 0.6) is 0 Å². The lowest BCUT2D eigenvalue weighted by Gasteiger charge is -2.57. The normalized spacial score (nSPS) is 30.0. The van der Waals surface area contributed by atoms with Crippen LogP contribution in [-0.2, 0) is 4.74 Å². The molecule has 2 atom stereocenters. The van der Waals surface area contributed by atoms with Gasteiger partial charge in [0.05, 0.1) is 12.5 Å². The summed E-state index contributed by atoms with van der Waals surface area (Å²) in [6.45, 7) is 4.38. The Hall–Kier alpha value is -0.790. The van der Waals surface area contributed by atoms with Gasteiger partial charge >= 0.3 is 6.18 Å². The molecule has 25 heavy (non-hydrogen) atoms. The lowest BCUT2D eigenvalue weighted by atomic mass is 9.68. The second-order valence-corrected chi connectivity index (χ2v) is 8.69. The van der Waals surface area contributed by atoms with Crippen LogP contribution in [0.15, 0.2) is 16.8 Å². The number of rotatable bonds is 4. The zero-order valence-corrected chi connectivity index (χ0v) is 15.1. The first-order valence-corrected chi connectivity index (χ1v) is 10.1. The Kier molecular flexibility index (Phi) is 4.75. The van der Waals surface area contributed by atoms with Crippen molar-refractivity contribution in [3.05, 3.63) is 16.8 Å². The van der Waals surface area contributed by atoms with Gasteiger partial charge in [-0.2, -0.15) is 24.5 Å². The molecule has 1 spiro atoms. The van der Waals surface area contributed by atoms with Crippen molar-refractivity contribution in [1.29, 1.82) is 0 Å². The third-order valence-corrected chi connectivity index (χ3v) is 6.57. The summed E-state index contributed by atoms with van der Waals surface area (Å²) < 4.78 is 45.1. The summed E-state index contributed by atoms with van der Waals surface area (Å²) in [6.07, 6.45) is -0.619. The molecule has 140 valence electrons. The average molecular weight is 374 g/mol.